The summed E-state index contributed by atoms with van der Waals surface area (Å²) in [5.41, 5.74) is 0.755. The predicted molar refractivity (Wildman–Crippen MR) is 51.2 cm³/mol. The van der Waals surface area contributed by atoms with Crippen LogP contribution in [0.5, 0.6) is 5.75 Å². The first kappa shape index (κ1) is 8.96. The molecule has 0 fully saturated rings. The molecule has 0 aliphatic heterocycles. The molecule has 72 valence electrons. The number of hydrogen-bond acceptors (Lipinski definition) is 4. The third-order valence-electron chi connectivity index (χ3n) is 1.75. The summed E-state index contributed by atoms with van der Waals surface area (Å²) in [7, 11) is 1.56. The summed E-state index contributed by atoms with van der Waals surface area (Å²) in [6.45, 7) is 0. The third kappa shape index (κ3) is 1.54. The summed E-state index contributed by atoms with van der Waals surface area (Å²) >= 11 is 5.81. The average molecular weight is 211 g/mol. The van der Waals surface area contributed by atoms with Gasteiger partial charge in [0.25, 0.3) is 0 Å². The molecule has 5 nitrogen and oxygen atoms in total. The Morgan fingerprint density at radius 2 is 2.29 bits per heavy atom. The number of ether oxygens (including phenoxy) is 1. The number of halogens is 1. The first-order valence-electron chi connectivity index (χ1n) is 3.88. The maximum absolute atomic E-state index is 5.81. The number of nitrogens with zero attached hydrogens (tertiary/aromatic N) is 3. The van der Waals surface area contributed by atoms with Crippen LogP contribution in [0.1, 0.15) is 0 Å². The second kappa shape index (κ2) is 3.63. The van der Waals surface area contributed by atoms with Crippen LogP contribution in [0.3, 0.4) is 0 Å². The molecule has 14 heavy (non-hydrogen) atoms. The van der Waals surface area contributed by atoms with E-state index in [2.05, 4.69) is 20.6 Å². The SMILES string of the molecule is COc1cc(Cl)ccc1-c1nn[nH]n1. The Morgan fingerprint density at radius 1 is 1.43 bits per heavy atom. The lowest BCUT2D eigenvalue weighted by Crippen LogP contribution is -1.89. The Bertz CT molecular complexity index is 429. The minimum absolute atomic E-state index is 0.485. The highest BCUT2D eigenvalue weighted by atomic mass is 35.5. The van der Waals surface area contributed by atoms with Crippen LogP contribution in [-0.2, 0) is 0 Å². The quantitative estimate of drug-likeness (QED) is 0.817. The van der Waals surface area contributed by atoms with Crippen LogP contribution in [0.15, 0.2) is 18.2 Å². The van der Waals surface area contributed by atoms with Crippen molar-refractivity contribution in [1.82, 2.24) is 20.6 Å². The second-order valence-electron chi connectivity index (χ2n) is 2.58. The first-order valence-corrected chi connectivity index (χ1v) is 4.26. The molecular weight excluding hydrogens is 204 g/mol. The monoisotopic (exact) mass is 210 g/mol. The van der Waals surface area contributed by atoms with Gasteiger partial charge in [-0.1, -0.05) is 11.6 Å². The Kier molecular flexibility index (Phi) is 2.32. The maximum atomic E-state index is 5.81. The topological polar surface area (TPSA) is 63.7 Å². The molecule has 0 aliphatic rings. The van der Waals surface area contributed by atoms with E-state index in [4.69, 9.17) is 16.3 Å². The van der Waals surface area contributed by atoms with E-state index >= 15 is 0 Å². The van der Waals surface area contributed by atoms with Gasteiger partial charge in [-0.3, -0.25) is 0 Å². The molecule has 0 bridgehead atoms. The second-order valence-corrected chi connectivity index (χ2v) is 3.02. The first-order chi connectivity index (χ1) is 6.81. The highest BCUT2D eigenvalue weighted by molar-refractivity contribution is 6.30. The Balaban J connectivity index is 2.53. The molecule has 0 radical (unpaired) electrons. The van der Waals surface area contributed by atoms with Crippen molar-refractivity contribution in [3.63, 3.8) is 0 Å². The number of rotatable bonds is 2. The van der Waals surface area contributed by atoms with Gasteiger partial charge in [-0.05, 0) is 23.4 Å². The molecule has 6 heteroatoms. The summed E-state index contributed by atoms with van der Waals surface area (Å²) in [6.07, 6.45) is 0. The van der Waals surface area contributed by atoms with Crippen LogP contribution < -0.4 is 4.74 Å². The van der Waals surface area contributed by atoms with E-state index in [9.17, 15) is 0 Å². The van der Waals surface area contributed by atoms with E-state index in [0.29, 0.717) is 16.6 Å². The van der Waals surface area contributed by atoms with Crippen molar-refractivity contribution in [2.24, 2.45) is 0 Å². The molecule has 2 aromatic rings. The van der Waals surface area contributed by atoms with Gasteiger partial charge >= 0.3 is 0 Å². The van der Waals surface area contributed by atoms with E-state index in [0.717, 1.165) is 5.56 Å². The lowest BCUT2D eigenvalue weighted by atomic mass is 10.2. The summed E-state index contributed by atoms with van der Waals surface area (Å²) in [5, 5.41) is 14.2. The Morgan fingerprint density at radius 3 is 2.93 bits per heavy atom. The zero-order chi connectivity index (χ0) is 9.97. The maximum Gasteiger partial charge on any atom is 0.208 e. The number of nitrogens with one attached hydrogen (secondary N) is 1. The number of aromatic amines is 1. The third-order valence-corrected chi connectivity index (χ3v) is 1.98. The molecule has 0 spiro atoms. The number of aromatic nitrogens is 4. The van der Waals surface area contributed by atoms with Crippen molar-refractivity contribution in [3.05, 3.63) is 23.2 Å². The van der Waals surface area contributed by atoms with Gasteiger partial charge in [-0.25, -0.2) is 0 Å². The van der Waals surface area contributed by atoms with Crippen LogP contribution >= 0.6 is 11.6 Å². The van der Waals surface area contributed by atoms with Crippen molar-refractivity contribution < 1.29 is 4.74 Å². The van der Waals surface area contributed by atoms with Crippen LogP contribution in [0, 0.1) is 0 Å². The summed E-state index contributed by atoms with van der Waals surface area (Å²) in [4.78, 5) is 0. The fraction of sp³-hybridized carbons (Fsp3) is 0.125. The molecule has 1 aromatic heterocycles. The molecule has 1 N–H and O–H groups in total. The molecule has 1 aromatic carbocycles. The van der Waals surface area contributed by atoms with Crippen LogP contribution in [0.4, 0.5) is 0 Å². The molecular formula is C8H7ClN4O. The summed E-state index contributed by atoms with van der Waals surface area (Å²) < 4.78 is 5.14. The minimum Gasteiger partial charge on any atom is -0.496 e. The van der Waals surface area contributed by atoms with Crippen molar-refractivity contribution in [1.29, 1.82) is 0 Å². The molecule has 0 amide bonds. The molecule has 0 saturated carbocycles. The van der Waals surface area contributed by atoms with Crippen molar-refractivity contribution in [2.45, 2.75) is 0 Å². The van der Waals surface area contributed by atoms with Gasteiger partial charge in [0.1, 0.15) is 5.75 Å². The largest absolute Gasteiger partial charge is 0.496 e. The van der Waals surface area contributed by atoms with Gasteiger partial charge in [0.15, 0.2) is 0 Å². The van der Waals surface area contributed by atoms with Gasteiger partial charge in [0.05, 0.1) is 12.7 Å². The van der Waals surface area contributed by atoms with Crippen molar-refractivity contribution >= 4 is 11.6 Å². The van der Waals surface area contributed by atoms with Crippen LogP contribution in [0.25, 0.3) is 11.4 Å². The van der Waals surface area contributed by atoms with E-state index in [1.807, 2.05) is 0 Å². The molecule has 0 unspecified atom stereocenters. The van der Waals surface area contributed by atoms with E-state index in [1.54, 1.807) is 25.3 Å². The lowest BCUT2D eigenvalue weighted by Gasteiger charge is -2.04. The van der Waals surface area contributed by atoms with Gasteiger partial charge in [-0.2, -0.15) is 5.21 Å². The average Bonchev–Trinajstić information content (AvgIpc) is 2.70. The Labute approximate surface area is 85.0 Å². The normalized spacial score (nSPS) is 10.1. The van der Waals surface area contributed by atoms with Gasteiger partial charge in [-0.15, -0.1) is 10.2 Å². The predicted octanol–water partition coefficient (Wildman–Crippen LogP) is 1.53. The van der Waals surface area contributed by atoms with E-state index < -0.39 is 0 Å². The molecule has 2 rings (SSSR count). The molecule has 1 heterocycles. The van der Waals surface area contributed by atoms with Crippen LogP contribution in [-0.4, -0.2) is 27.7 Å². The zero-order valence-electron chi connectivity index (χ0n) is 7.36. The summed E-state index contributed by atoms with van der Waals surface area (Å²) in [5.74, 6) is 1.11. The fourth-order valence-corrected chi connectivity index (χ4v) is 1.29. The Hall–Kier alpha value is -1.62. The van der Waals surface area contributed by atoms with Gasteiger partial charge < -0.3 is 4.74 Å². The van der Waals surface area contributed by atoms with E-state index in [1.165, 1.54) is 0 Å². The van der Waals surface area contributed by atoms with E-state index in [-0.39, 0.29) is 0 Å². The number of benzene rings is 1. The van der Waals surface area contributed by atoms with Gasteiger partial charge in [0.2, 0.25) is 5.82 Å². The fourth-order valence-electron chi connectivity index (χ4n) is 1.13. The smallest absolute Gasteiger partial charge is 0.208 e. The van der Waals surface area contributed by atoms with Crippen molar-refractivity contribution in [3.8, 4) is 17.1 Å². The molecule has 0 atom stereocenters. The highest BCUT2D eigenvalue weighted by Gasteiger charge is 2.09. The number of methoxy groups -OCH3 is 1. The molecule has 0 aliphatic carbocycles. The highest BCUT2D eigenvalue weighted by Crippen LogP contribution is 2.29. The zero-order valence-corrected chi connectivity index (χ0v) is 8.12. The van der Waals surface area contributed by atoms with Gasteiger partial charge in [0, 0.05) is 5.02 Å². The van der Waals surface area contributed by atoms with Crippen LogP contribution in [0.2, 0.25) is 5.02 Å². The minimum atomic E-state index is 0.485. The number of H-pyrrole nitrogens is 1. The number of hydrogen-bond donors (Lipinski definition) is 1. The standard InChI is InChI=1S/C8H7ClN4O/c1-14-7-4-5(9)2-3-6(7)8-10-12-13-11-8/h2-4H,1H3,(H,10,11,12,13). The van der Waals surface area contributed by atoms with Crippen molar-refractivity contribution in [2.75, 3.05) is 7.11 Å². The summed E-state index contributed by atoms with van der Waals surface area (Å²) in [6, 6.07) is 5.23. The lowest BCUT2D eigenvalue weighted by molar-refractivity contribution is 0.416. The molecule has 0 saturated heterocycles. The number of tetrazole rings is 1.